The highest BCUT2D eigenvalue weighted by atomic mass is 79.9. The van der Waals surface area contributed by atoms with E-state index in [0.717, 1.165) is 6.42 Å². The molecule has 0 amide bonds. The second-order valence-corrected chi connectivity index (χ2v) is 6.08. The Labute approximate surface area is 83.4 Å². The van der Waals surface area contributed by atoms with Crippen LogP contribution in [0, 0.1) is 28.6 Å². The zero-order valence-corrected chi connectivity index (χ0v) is 9.31. The minimum atomic E-state index is -0.530. The van der Waals surface area contributed by atoms with Gasteiger partial charge in [-0.15, -0.1) is 0 Å². The molecule has 0 saturated carbocycles. The molecule has 0 aliphatic carbocycles. The smallest absolute Gasteiger partial charge is 0.109 e. The molecule has 0 aromatic rings. The molecule has 0 bridgehead atoms. The summed E-state index contributed by atoms with van der Waals surface area (Å²) in [5.41, 5.74) is 0. The largest absolute Gasteiger partial charge is 0.198 e. The summed E-state index contributed by atoms with van der Waals surface area (Å²) in [5, 5.41) is 17.1. The van der Waals surface area contributed by atoms with Gasteiger partial charge in [0.25, 0.3) is 0 Å². The van der Waals surface area contributed by atoms with E-state index in [9.17, 15) is 0 Å². The summed E-state index contributed by atoms with van der Waals surface area (Å²) in [6.07, 6.45) is 1.02. The zero-order chi connectivity index (χ0) is 8.91. The molecule has 0 radical (unpaired) electrons. The molecule has 11 heavy (non-hydrogen) atoms. The highest BCUT2D eigenvalue weighted by Crippen LogP contribution is 2.39. The summed E-state index contributed by atoms with van der Waals surface area (Å²) in [7, 11) is 0. The van der Waals surface area contributed by atoms with Crippen molar-refractivity contribution in [3.63, 3.8) is 0 Å². The van der Waals surface area contributed by atoms with Crippen molar-refractivity contribution in [3.8, 4) is 12.1 Å². The van der Waals surface area contributed by atoms with Gasteiger partial charge in [-0.25, -0.2) is 0 Å². The topological polar surface area (TPSA) is 47.6 Å². The van der Waals surface area contributed by atoms with Crippen LogP contribution in [-0.4, -0.2) is 3.23 Å². The van der Waals surface area contributed by atoms with E-state index in [1.54, 1.807) is 0 Å². The third-order valence-electron chi connectivity index (χ3n) is 1.39. The predicted molar refractivity (Wildman–Crippen MR) is 50.2 cm³/mol. The summed E-state index contributed by atoms with van der Waals surface area (Å²) < 4.78 is -0.530. The van der Waals surface area contributed by atoms with Crippen LogP contribution in [0.3, 0.4) is 0 Å². The van der Waals surface area contributed by atoms with Gasteiger partial charge in [-0.3, -0.25) is 0 Å². The monoisotopic (exact) mass is 278 g/mol. The van der Waals surface area contributed by atoms with Crippen LogP contribution >= 0.6 is 31.9 Å². The Morgan fingerprint density at radius 1 is 1.45 bits per heavy atom. The Hall–Kier alpha value is -0.0600. The van der Waals surface area contributed by atoms with Crippen LogP contribution in [0.5, 0.6) is 0 Å². The Balaban J connectivity index is 4.30. The molecule has 0 spiro atoms. The molecule has 0 rings (SSSR count). The molecule has 60 valence electrons. The summed E-state index contributed by atoms with van der Waals surface area (Å²) in [5.74, 6) is -0.165. The van der Waals surface area contributed by atoms with Gasteiger partial charge in [0.05, 0.1) is 24.5 Å². The number of hydrogen-bond donors (Lipinski definition) is 0. The third kappa shape index (κ3) is 3.22. The van der Waals surface area contributed by atoms with Gasteiger partial charge < -0.3 is 0 Å². The molecule has 0 fully saturated rings. The summed E-state index contributed by atoms with van der Waals surface area (Å²) in [4.78, 5) is 0. The second-order valence-electron chi connectivity index (χ2n) is 2.19. The molecule has 1 unspecified atom stereocenters. The molecule has 0 saturated heterocycles. The molecule has 0 aliphatic rings. The summed E-state index contributed by atoms with van der Waals surface area (Å²) >= 11 is 6.60. The number of hydrogen-bond acceptors (Lipinski definition) is 2. The van der Waals surface area contributed by atoms with Crippen molar-refractivity contribution in [3.05, 3.63) is 0 Å². The lowest BCUT2D eigenvalue weighted by Crippen LogP contribution is -2.21. The van der Waals surface area contributed by atoms with E-state index in [-0.39, 0.29) is 5.92 Å². The lowest BCUT2D eigenvalue weighted by atomic mass is 10.0. The Kier molecular flexibility index (Phi) is 4.72. The van der Waals surface area contributed by atoms with Crippen molar-refractivity contribution in [2.45, 2.75) is 23.0 Å². The predicted octanol–water partition coefficient (Wildman–Crippen LogP) is 2.94. The average Bonchev–Trinajstić information content (AvgIpc) is 1.89. The van der Waals surface area contributed by atoms with E-state index in [0.29, 0.717) is 6.42 Å². The fourth-order valence-corrected chi connectivity index (χ4v) is 1.82. The van der Waals surface area contributed by atoms with Gasteiger partial charge in [-0.2, -0.15) is 10.5 Å². The van der Waals surface area contributed by atoms with Gasteiger partial charge in [0, 0.05) is 0 Å². The molecule has 0 heterocycles. The van der Waals surface area contributed by atoms with E-state index < -0.39 is 3.23 Å². The van der Waals surface area contributed by atoms with E-state index in [1.807, 2.05) is 13.0 Å². The lowest BCUT2D eigenvalue weighted by molar-refractivity contribution is 0.592. The highest BCUT2D eigenvalue weighted by molar-refractivity contribution is 9.25. The van der Waals surface area contributed by atoms with E-state index in [1.165, 1.54) is 0 Å². The maximum atomic E-state index is 8.67. The third-order valence-corrected chi connectivity index (χ3v) is 3.05. The standard InChI is InChI=1S/C7H8Br2N2/c1-2-6(5-11)7(8,9)3-4-10/h6H,2-3H2,1H3. The van der Waals surface area contributed by atoms with E-state index >= 15 is 0 Å². The number of rotatable bonds is 3. The fourth-order valence-electron chi connectivity index (χ4n) is 0.713. The van der Waals surface area contributed by atoms with Gasteiger partial charge in [-0.05, 0) is 6.42 Å². The molecule has 0 N–H and O–H groups in total. The average molecular weight is 280 g/mol. The molecule has 0 aromatic heterocycles. The van der Waals surface area contributed by atoms with Crippen molar-refractivity contribution in [2.24, 2.45) is 5.92 Å². The molecule has 1 atom stereocenters. The van der Waals surface area contributed by atoms with Gasteiger partial charge in [0.15, 0.2) is 0 Å². The van der Waals surface area contributed by atoms with E-state index in [2.05, 4.69) is 37.9 Å². The number of halogens is 2. The normalized spacial score (nSPS) is 13.2. The first-order valence-corrected chi connectivity index (χ1v) is 4.81. The van der Waals surface area contributed by atoms with Gasteiger partial charge in [-0.1, -0.05) is 38.8 Å². The lowest BCUT2D eigenvalue weighted by Gasteiger charge is -2.21. The van der Waals surface area contributed by atoms with Gasteiger partial charge in [0.2, 0.25) is 0 Å². The number of nitrogens with zero attached hydrogens (tertiary/aromatic N) is 2. The molecular weight excluding hydrogens is 272 g/mol. The van der Waals surface area contributed by atoms with Crippen molar-refractivity contribution < 1.29 is 0 Å². The minimum Gasteiger partial charge on any atom is -0.198 e. The Bertz CT molecular complexity index is 199. The summed E-state index contributed by atoms with van der Waals surface area (Å²) in [6, 6.07) is 4.14. The van der Waals surface area contributed by atoms with E-state index in [4.69, 9.17) is 10.5 Å². The Morgan fingerprint density at radius 3 is 2.27 bits per heavy atom. The van der Waals surface area contributed by atoms with Gasteiger partial charge in [0.1, 0.15) is 3.23 Å². The highest BCUT2D eigenvalue weighted by Gasteiger charge is 2.32. The maximum Gasteiger partial charge on any atom is 0.109 e. The first-order chi connectivity index (χ1) is 5.08. The molecular formula is C7H8Br2N2. The number of nitriles is 2. The van der Waals surface area contributed by atoms with Crippen molar-refractivity contribution >= 4 is 31.9 Å². The van der Waals surface area contributed by atoms with Crippen molar-refractivity contribution in [2.75, 3.05) is 0 Å². The van der Waals surface area contributed by atoms with Crippen LogP contribution < -0.4 is 0 Å². The fraction of sp³-hybridized carbons (Fsp3) is 0.714. The van der Waals surface area contributed by atoms with Crippen LogP contribution in [0.15, 0.2) is 0 Å². The van der Waals surface area contributed by atoms with Crippen LogP contribution in [0.1, 0.15) is 19.8 Å². The minimum absolute atomic E-state index is 0.165. The molecule has 4 heteroatoms. The number of alkyl halides is 2. The summed E-state index contributed by atoms with van der Waals surface area (Å²) in [6.45, 7) is 1.92. The first-order valence-electron chi connectivity index (χ1n) is 3.22. The first kappa shape index (κ1) is 10.9. The molecule has 0 aromatic carbocycles. The van der Waals surface area contributed by atoms with Crippen molar-refractivity contribution in [1.82, 2.24) is 0 Å². The SMILES string of the molecule is CCC(C#N)C(Br)(Br)CC#N. The van der Waals surface area contributed by atoms with Crippen LogP contribution in [0.4, 0.5) is 0 Å². The Morgan fingerprint density at radius 2 is 2.00 bits per heavy atom. The zero-order valence-electron chi connectivity index (χ0n) is 6.14. The quantitative estimate of drug-likeness (QED) is 0.746. The second kappa shape index (κ2) is 4.74. The molecule has 2 nitrogen and oxygen atoms in total. The van der Waals surface area contributed by atoms with Crippen LogP contribution in [0.2, 0.25) is 0 Å². The van der Waals surface area contributed by atoms with Crippen LogP contribution in [-0.2, 0) is 0 Å². The van der Waals surface area contributed by atoms with Crippen molar-refractivity contribution in [1.29, 1.82) is 10.5 Å². The maximum absolute atomic E-state index is 8.67. The van der Waals surface area contributed by atoms with Gasteiger partial charge >= 0.3 is 0 Å². The van der Waals surface area contributed by atoms with Crippen LogP contribution in [0.25, 0.3) is 0 Å². The molecule has 0 aliphatic heterocycles.